The van der Waals surface area contributed by atoms with Gasteiger partial charge in [-0.15, -0.1) is 11.8 Å². The Morgan fingerprint density at radius 2 is 1.61 bits per heavy atom. The van der Waals surface area contributed by atoms with E-state index >= 15 is 0 Å². The molecular weight excluding hydrogens is 304 g/mol. The summed E-state index contributed by atoms with van der Waals surface area (Å²) in [5, 5.41) is 2.62. The Morgan fingerprint density at radius 1 is 0.913 bits per heavy atom. The molecule has 0 saturated carbocycles. The molecule has 23 heavy (non-hydrogen) atoms. The molecule has 1 amide bonds. The fourth-order valence-electron chi connectivity index (χ4n) is 2.18. The summed E-state index contributed by atoms with van der Waals surface area (Å²) in [6.07, 6.45) is 3.33. The van der Waals surface area contributed by atoms with Crippen molar-refractivity contribution in [2.45, 2.75) is 10.1 Å². The minimum Gasteiger partial charge on any atom is -0.323 e. The van der Waals surface area contributed by atoms with Gasteiger partial charge in [0.25, 0.3) is 0 Å². The van der Waals surface area contributed by atoms with Crippen molar-refractivity contribution in [1.29, 1.82) is 0 Å². The summed E-state index contributed by atoms with van der Waals surface area (Å²) >= 11 is 1.54. The molecule has 0 fully saturated rings. The first kappa shape index (κ1) is 15.3. The summed E-state index contributed by atoms with van der Waals surface area (Å²) in [7, 11) is 0. The molecule has 4 heteroatoms. The number of nitrogens with one attached hydrogen (secondary N) is 1. The van der Waals surface area contributed by atoms with Gasteiger partial charge < -0.3 is 5.32 Å². The molecule has 0 bridgehead atoms. The molecule has 1 N–H and O–H groups in total. The standard InChI is InChI=1S/C19H16N2OS/c22-19(21-16-10-7-13-20-14-16)18(15-8-3-1-4-9-15)23-17-11-5-2-6-12-17/h1-14,18H,(H,21,22)/t18-/m0/s1. The lowest BCUT2D eigenvalue weighted by Crippen LogP contribution is -2.19. The fourth-order valence-corrected chi connectivity index (χ4v) is 3.23. The first-order valence-corrected chi connectivity index (χ1v) is 8.18. The number of thioether (sulfide) groups is 1. The number of anilines is 1. The molecule has 0 saturated heterocycles. The fraction of sp³-hybridized carbons (Fsp3) is 0.0526. The summed E-state index contributed by atoms with van der Waals surface area (Å²) in [4.78, 5) is 17.8. The lowest BCUT2D eigenvalue weighted by Gasteiger charge is -2.17. The maximum Gasteiger partial charge on any atom is 0.242 e. The number of hydrogen-bond donors (Lipinski definition) is 1. The summed E-state index contributed by atoms with van der Waals surface area (Å²) < 4.78 is 0. The topological polar surface area (TPSA) is 42.0 Å². The maximum absolute atomic E-state index is 12.8. The second-order valence-corrected chi connectivity index (χ2v) is 6.13. The molecule has 1 heterocycles. The van der Waals surface area contributed by atoms with Gasteiger partial charge in [-0.2, -0.15) is 0 Å². The van der Waals surface area contributed by atoms with E-state index in [1.807, 2.05) is 66.7 Å². The van der Waals surface area contributed by atoms with Gasteiger partial charge in [0.2, 0.25) is 5.91 Å². The summed E-state index contributed by atoms with van der Waals surface area (Å²) in [5.41, 5.74) is 1.68. The molecule has 1 aromatic heterocycles. The Kier molecular flexibility index (Phi) is 5.06. The van der Waals surface area contributed by atoms with Crippen molar-refractivity contribution in [2.24, 2.45) is 0 Å². The number of aromatic nitrogens is 1. The zero-order valence-corrected chi connectivity index (χ0v) is 13.2. The average Bonchev–Trinajstić information content (AvgIpc) is 2.62. The highest BCUT2D eigenvalue weighted by Gasteiger charge is 2.22. The predicted octanol–water partition coefficient (Wildman–Crippen LogP) is 4.55. The van der Waals surface area contributed by atoms with Crippen LogP contribution >= 0.6 is 11.8 Å². The molecule has 0 unspecified atom stereocenters. The smallest absolute Gasteiger partial charge is 0.242 e. The summed E-state index contributed by atoms with van der Waals surface area (Å²) in [5.74, 6) is -0.0574. The summed E-state index contributed by atoms with van der Waals surface area (Å²) in [6.45, 7) is 0. The van der Waals surface area contributed by atoms with Gasteiger partial charge in [-0.25, -0.2) is 0 Å². The molecule has 2 aromatic carbocycles. The van der Waals surface area contributed by atoms with E-state index in [0.717, 1.165) is 10.5 Å². The van der Waals surface area contributed by atoms with E-state index in [0.29, 0.717) is 5.69 Å². The number of carbonyl (C=O) groups is 1. The van der Waals surface area contributed by atoms with E-state index in [1.54, 1.807) is 18.5 Å². The number of benzene rings is 2. The van der Waals surface area contributed by atoms with Crippen LogP contribution in [0.2, 0.25) is 0 Å². The number of hydrogen-bond acceptors (Lipinski definition) is 3. The first-order valence-electron chi connectivity index (χ1n) is 7.30. The van der Waals surface area contributed by atoms with Crippen molar-refractivity contribution >= 4 is 23.4 Å². The Bertz CT molecular complexity index is 748. The third-order valence-electron chi connectivity index (χ3n) is 3.27. The lowest BCUT2D eigenvalue weighted by molar-refractivity contribution is -0.115. The van der Waals surface area contributed by atoms with E-state index in [4.69, 9.17) is 0 Å². The predicted molar refractivity (Wildman–Crippen MR) is 94.3 cm³/mol. The van der Waals surface area contributed by atoms with Crippen LogP contribution in [0.4, 0.5) is 5.69 Å². The number of rotatable bonds is 5. The van der Waals surface area contributed by atoms with Crippen molar-refractivity contribution < 1.29 is 4.79 Å². The van der Waals surface area contributed by atoms with Crippen LogP contribution in [-0.4, -0.2) is 10.9 Å². The van der Waals surface area contributed by atoms with E-state index in [2.05, 4.69) is 10.3 Å². The molecule has 3 nitrogen and oxygen atoms in total. The molecule has 0 radical (unpaired) electrons. The monoisotopic (exact) mass is 320 g/mol. The van der Waals surface area contributed by atoms with Gasteiger partial charge in [-0.3, -0.25) is 9.78 Å². The summed E-state index contributed by atoms with van der Waals surface area (Å²) in [6, 6.07) is 23.4. The normalized spacial score (nSPS) is 11.7. The Balaban J connectivity index is 1.84. The van der Waals surface area contributed by atoms with Crippen molar-refractivity contribution in [1.82, 2.24) is 4.98 Å². The van der Waals surface area contributed by atoms with Gasteiger partial charge in [0.05, 0.1) is 11.9 Å². The van der Waals surface area contributed by atoms with E-state index in [1.165, 1.54) is 11.8 Å². The lowest BCUT2D eigenvalue weighted by atomic mass is 10.1. The Labute approximate surface area is 139 Å². The third-order valence-corrected chi connectivity index (χ3v) is 4.53. The molecule has 3 aromatic rings. The van der Waals surface area contributed by atoms with E-state index in [-0.39, 0.29) is 11.2 Å². The highest BCUT2D eigenvalue weighted by molar-refractivity contribution is 8.00. The van der Waals surface area contributed by atoms with Gasteiger partial charge in [0.1, 0.15) is 5.25 Å². The zero-order chi connectivity index (χ0) is 15.9. The van der Waals surface area contributed by atoms with Crippen LogP contribution in [0.25, 0.3) is 0 Å². The Hall–Kier alpha value is -2.59. The quantitative estimate of drug-likeness (QED) is 0.701. The number of nitrogens with zero attached hydrogens (tertiary/aromatic N) is 1. The third kappa shape index (κ3) is 4.20. The highest BCUT2D eigenvalue weighted by Crippen LogP contribution is 2.35. The van der Waals surface area contributed by atoms with Gasteiger partial charge in [-0.05, 0) is 29.8 Å². The Morgan fingerprint density at radius 3 is 2.26 bits per heavy atom. The second kappa shape index (κ2) is 7.61. The van der Waals surface area contributed by atoms with Crippen molar-refractivity contribution in [3.63, 3.8) is 0 Å². The minimum absolute atomic E-state index is 0.0574. The van der Waals surface area contributed by atoms with Crippen LogP contribution in [0.5, 0.6) is 0 Å². The van der Waals surface area contributed by atoms with Gasteiger partial charge in [0, 0.05) is 11.1 Å². The van der Waals surface area contributed by atoms with Crippen molar-refractivity contribution in [2.75, 3.05) is 5.32 Å². The van der Waals surface area contributed by atoms with Gasteiger partial charge in [-0.1, -0.05) is 48.5 Å². The molecule has 0 aliphatic carbocycles. The van der Waals surface area contributed by atoms with Crippen LogP contribution in [0.3, 0.4) is 0 Å². The average molecular weight is 320 g/mol. The van der Waals surface area contributed by atoms with Crippen molar-refractivity contribution in [3.05, 3.63) is 90.8 Å². The van der Waals surface area contributed by atoms with Crippen molar-refractivity contribution in [3.8, 4) is 0 Å². The second-order valence-electron chi connectivity index (χ2n) is 4.95. The van der Waals surface area contributed by atoms with Crippen LogP contribution in [0.15, 0.2) is 90.1 Å². The maximum atomic E-state index is 12.8. The first-order chi connectivity index (χ1) is 11.3. The molecule has 1 atom stereocenters. The minimum atomic E-state index is -0.321. The zero-order valence-electron chi connectivity index (χ0n) is 12.4. The molecule has 0 aliphatic rings. The van der Waals surface area contributed by atoms with Crippen LogP contribution in [-0.2, 0) is 4.79 Å². The number of carbonyl (C=O) groups excluding carboxylic acids is 1. The largest absolute Gasteiger partial charge is 0.323 e. The highest BCUT2D eigenvalue weighted by atomic mass is 32.2. The SMILES string of the molecule is O=C(Nc1cccnc1)[C@@H](Sc1ccccc1)c1ccccc1. The van der Waals surface area contributed by atoms with E-state index in [9.17, 15) is 4.79 Å². The van der Waals surface area contributed by atoms with Crippen LogP contribution in [0, 0.1) is 0 Å². The van der Waals surface area contributed by atoms with E-state index < -0.39 is 0 Å². The number of pyridine rings is 1. The molecule has 3 rings (SSSR count). The molecule has 114 valence electrons. The molecular formula is C19H16N2OS. The van der Waals surface area contributed by atoms with Crippen LogP contribution in [0.1, 0.15) is 10.8 Å². The van der Waals surface area contributed by atoms with Gasteiger partial charge >= 0.3 is 0 Å². The number of amides is 1. The molecule has 0 spiro atoms. The van der Waals surface area contributed by atoms with Crippen LogP contribution < -0.4 is 5.32 Å². The molecule has 0 aliphatic heterocycles. The van der Waals surface area contributed by atoms with Gasteiger partial charge in [0.15, 0.2) is 0 Å².